The summed E-state index contributed by atoms with van der Waals surface area (Å²) < 4.78 is 12.3. The van der Waals surface area contributed by atoms with E-state index in [2.05, 4.69) is 16.0 Å². The number of morpholine rings is 1. The highest BCUT2D eigenvalue weighted by Gasteiger charge is 2.22. The molecule has 0 radical (unpaired) electrons. The molecule has 1 aliphatic rings. The Bertz CT molecular complexity index is 983. The SMILES string of the molecule is N#CCCN(CCN1CCOCC1)C(=O)c1ccc(-c2nc3ccccc3s2)o1. The molecule has 0 aliphatic carbocycles. The van der Waals surface area contributed by atoms with Crippen molar-refractivity contribution in [2.45, 2.75) is 6.42 Å². The average Bonchev–Trinajstić information content (AvgIpc) is 3.41. The van der Waals surface area contributed by atoms with E-state index in [1.165, 1.54) is 11.3 Å². The summed E-state index contributed by atoms with van der Waals surface area (Å²) in [4.78, 5) is 21.6. The van der Waals surface area contributed by atoms with Crippen LogP contribution in [0.5, 0.6) is 0 Å². The summed E-state index contributed by atoms with van der Waals surface area (Å²) in [6, 6.07) is 13.5. The van der Waals surface area contributed by atoms with E-state index in [4.69, 9.17) is 14.4 Å². The predicted octanol–water partition coefficient (Wildman–Crippen LogP) is 3.24. The molecule has 0 unspecified atom stereocenters. The molecule has 150 valence electrons. The summed E-state index contributed by atoms with van der Waals surface area (Å²) in [5.74, 6) is 0.669. The van der Waals surface area contributed by atoms with Gasteiger partial charge in [-0.05, 0) is 24.3 Å². The highest BCUT2D eigenvalue weighted by molar-refractivity contribution is 7.21. The van der Waals surface area contributed by atoms with Crippen LogP contribution < -0.4 is 0 Å². The van der Waals surface area contributed by atoms with Gasteiger partial charge in [-0.25, -0.2) is 4.98 Å². The first-order valence-corrected chi connectivity index (χ1v) is 10.5. The van der Waals surface area contributed by atoms with Crippen LogP contribution in [0.3, 0.4) is 0 Å². The van der Waals surface area contributed by atoms with Gasteiger partial charge in [-0.3, -0.25) is 9.69 Å². The van der Waals surface area contributed by atoms with Gasteiger partial charge in [-0.15, -0.1) is 11.3 Å². The molecule has 0 saturated carbocycles. The summed E-state index contributed by atoms with van der Waals surface area (Å²) in [6.45, 7) is 4.86. The first-order valence-electron chi connectivity index (χ1n) is 9.67. The van der Waals surface area contributed by atoms with E-state index in [9.17, 15) is 4.79 Å². The number of hydrogen-bond acceptors (Lipinski definition) is 7. The maximum Gasteiger partial charge on any atom is 0.289 e. The third-order valence-corrected chi connectivity index (χ3v) is 5.94. The van der Waals surface area contributed by atoms with Crippen LogP contribution in [-0.2, 0) is 4.74 Å². The minimum atomic E-state index is -0.194. The number of fused-ring (bicyclic) bond motifs is 1. The number of nitriles is 1. The lowest BCUT2D eigenvalue weighted by molar-refractivity contribution is 0.0322. The van der Waals surface area contributed by atoms with Crippen molar-refractivity contribution < 1.29 is 13.9 Å². The van der Waals surface area contributed by atoms with Crippen LogP contribution in [0.25, 0.3) is 21.0 Å². The lowest BCUT2D eigenvalue weighted by Crippen LogP contribution is -2.43. The van der Waals surface area contributed by atoms with E-state index < -0.39 is 0 Å². The number of carbonyl (C=O) groups excluding carboxylic acids is 1. The maximum absolute atomic E-state index is 13.0. The molecule has 0 spiro atoms. The summed E-state index contributed by atoms with van der Waals surface area (Å²) in [5.41, 5.74) is 0.915. The second kappa shape index (κ2) is 9.18. The minimum absolute atomic E-state index is 0.194. The van der Waals surface area contributed by atoms with E-state index in [-0.39, 0.29) is 11.7 Å². The van der Waals surface area contributed by atoms with Crippen molar-refractivity contribution in [2.24, 2.45) is 0 Å². The first-order chi connectivity index (χ1) is 14.2. The van der Waals surface area contributed by atoms with Crippen molar-refractivity contribution in [1.29, 1.82) is 5.26 Å². The van der Waals surface area contributed by atoms with Crippen molar-refractivity contribution in [1.82, 2.24) is 14.8 Å². The number of furan rings is 1. The van der Waals surface area contributed by atoms with Crippen LogP contribution in [0.4, 0.5) is 0 Å². The zero-order valence-corrected chi connectivity index (χ0v) is 16.9. The van der Waals surface area contributed by atoms with Crippen molar-refractivity contribution in [3.05, 3.63) is 42.2 Å². The van der Waals surface area contributed by atoms with E-state index in [0.717, 1.165) is 48.1 Å². The van der Waals surface area contributed by atoms with Gasteiger partial charge in [0.1, 0.15) is 0 Å². The van der Waals surface area contributed by atoms with Gasteiger partial charge >= 0.3 is 0 Å². The average molecular weight is 410 g/mol. The molecule has 1 saturated heterocycles. The number of para-hydroxylation sites is 1. The van der Waals surface area contributed by atoms with Crippen molar-refractivity contribution >= 4 is 27.5 Å². The number of rotatable bonds is 7. The molecule has 0 atom stereocenters. The van der Waals surface area contributed by atoms with Crippen LogP contribution in [0.1, 0.15) is 17.0 Å². The van der Waals surface area contributed by atoms with Gasteiger partial charge in [-0.1, -0.05) is 12.1 Å². The van der Waals surface area contributed by atoms with Gasteiger partial charge in [0.15, 0.2) is 16.5 Å². The standard InChI is InChI=1S/C21H22N4O3S/c22-8-3-9-25(11-10-24-12-14-27-15-13-24)21(26)18-7-6-17(28-18)20-23-16-4-1-2-5-19(16)29-20/h1-2,4-7H,3,9-15H2. The van der Waals surface area contributed by atoms with E-state index in [1.54, 1.807) is 17.0 Å². The zero-order chi connectivity index (χ0) is 20.1. The molecule has 0 bridgehead atoms. The lowest BCUT2D eigenvalue weighted by Gasteiger charge is -2.29. The Morgan fingerprint density at radius 2 is 2.03 bits per heavy atom. The molecule has 3 heterocycles. The molecule has 8 heteroatoms. The Morgan fingerprint density at radius 1 is 1.21 bits per heavy atom. The third-order valence-electron chi connectivity index (χ3n) is 4.89. The molecule has 0 N–H and O–H groups in total. The molecule has 1 aromatic carbocycles. The van der Waals surface area contributed by atoms with Gasteiger partial charge in [0.2, 0.25) is 0 Å². The lowest BCUT2D eigenvalue weighted by atomic mass is 10.3. The number of hydrogen-bond donors (Lipinski definition) is 0. The fourth-order valence-corrected chi connectivity index (χ4v) is 4.22. The number of aromatic nitrogens is 1. The molecular formula is C21H22N4O3S. The molecule has 3 aromatic rings. The summed E-state index contributed by atoms with van der Waals surface area (Å²) in [5, 5.41) is 9.71. The van der Waals surface area contributed by atoms with Gasteiger partial charge < -0.3 is 14.1 Å². The molecule has 7 nitrogen and oxygen atoms in total. The largest absolute Gasteiger partial charge is 0.448 e. The second-order valence-electron chi connectivity index (χ2n) is 6.80. The fourth-order valence-electron chi connectivity index (χ4n) is 3.29. The number of ether oxygens (including phenoxy) is 1. The monoisotopic (exact) mass is 410 g/mol. The normalized spacial score (nSPS) is 14.7. The Balaban J connectivity index is 1.47. The van der Waals surface area contributed by atoms with Gasteiger partial charge in [0.25, 0.3) is 5.91 Å². The van der Waals surface area contributed by atoms with Crippen molar-refractivity contribution in [3.8, 4) is 16.8 Å². The molecule has 29 heavy (non-hydrogen) atoms. The van der Waals surface area contributed by atoms with Crippen LogP contribution in [-0.4, -0.2) is 66.6 Å². The van der Waals surface area contributed by atoms with Gasteiger partial charge in [0.05, 0.1) is 35.9 Å². The fraction of sp³-hybridized carbons (Fsp3) is 0.381. The molecular weight excluding hydrogens is 388 g/mol. The van der Waals surface area contributed by atoms with E-state index in [1.807, 2.05) is 24.3 Å². The van der Waals surface area contributed by atoms with Crippen molar-refractivity contribution in [3.63, 3.8) is 0 Å². The molecule has 1 aliphatic heterocycles. The van der Waals surface area contributed by atoms with Crippen LogP contribution in [0.15, 0.2) is 40.8 Å². The minimum Gasteiger partial charge on any atom is -0.448 e. The molecule has 4 rings (SSSR count). The van der Waals surface area contributed by atoms with E-state index in [0.29, 0.717) is 25.3 Å². The first kappa shape index (κ1) is 19.6. The second-order valence-corrected chi connectivity index (χ2v) is 7.84. The predicted molar refractivity (Wildman–Crippen MR) is 111 cm³/mol. The summed E-state index contributed by atoms with van der Waals surface area (Å²) >= 11 is 1.54. The van der Waals surface area contributed by atoms with Crippen LogP contribution >= 0.6 is 11.3 Å². The highest BCUT2D eigenvalue weighted by atomic mass is 32.1. The third kappa shape index (κ3) is 4.65. The Hall–Kier alpha value is -2.73. The molecule has 1 amide bonds. The zero-order valence-electron chi connectivity index (χ0n) is 16.0. The van der Waals surface area contributed by atoms with Gasteiger partial charge in [0, 0.05) is 32.7 Å². The number of carbonyl (C=O) groups is 1. The van der Waals surface area contributed by atoms with Crippen LogP contribution in [0, 0.1) is 11.3 Å². The Labute approximate surface area is 173 Å². The topological polar surface area (TPSA) is 82.6 Å². The number of nitrogens with zero attached hydrogens (tertiary/aromatic N) is 4. The molecule has 2 aromatic heterocycles. The van der Waals surface area contributed by atoms with E-state index >= 15 is 0 Å². The summed E-state index contributed by atoms with van der Waals surface area (Å²) in [6.07, 6.45) is 0.292. The van der Waals surface area contributed by atoms with Crippen molar-refractivity contribution in [2.75, 3.05) is 45.9 Å². The Kier molecular flexibility index (Phi) is 6.20. The molecule has 1 fully saturated rings. The maximum atomic E-state index is 13.0. The smallest absolute Gasteiger partial charge is 0.289 e. The highest BCUT2D eigenvalue weighted by Crippen LogP contribution is 2.31. The number of benzene rings is 1. The Morgan fingerprint density at radius 3 is 2.83 bits per heavy atom. The quantitative estimate of drug-likeness (QED) is 0.595. The number of thiazole rings is 1. The van der Waals surface area contributed by atoms with Gasteiger partial charge in [-0.2, -0.15) is 5.26 Å². The van der Waals surface area contributed by atoms with Crippen LogP contribution in [0.2, 0.25) is 0 Å². The summed E-state index contributed by atoms with van der Waals surface area (Å²) in [7, 11) is 0. The number of amides is 1.